The maximum Gasteiger partial charge on any atom is 0.124 e. The van der Waals surface area contributed by atoms with Gasteiger partial charge in [0.05, 0.1) is 0 Å². The minimum Gasteiger partial charge on any atom is -0.487 e. The summed E-state index contributed by atoms with van der Waals surface area (Å²) in [5, 5.41) is 0. The number of hydrogen-bond donors (Lipinski definition) is 1. The molecule has 20 heavy (non-hydrogen) atoms. The highest BCUT2D eigenvalue weighted by Crippen LogP contribution is 2.47. The minimum absolute atomic E-state index is 0.00830. The average molecular weight is 338 g/mol. The number of nitrogens with two attached hydrogens (primary N) is 1. The quantitative estimate of drug-likeness (QED) is 0.797. The van der Waals surface area contributed by atoms with Gasteiger partial charge in [-0.25, -0.2) is 0 Å². The molecule has 0 radical (unpaired) electrons. The maximum absolute atomic E-state index is 6.41. The van der Waals surface area contributed by atoms with E-state index >= 15 is 0 Å². The van der Waals surface area contributed by atoms with Crippen LogP contribution in [0.3, 0.4) is 0 Å². The van der Waals surface area contributed by atoms with Gasteiger partial charge in [-0.3, -0.25) is 0 Å². The summed E-state index contributed by atoms with van der Waals surface area (Å²) in [6.07, 6.45) is 5.81. The lowest BCUT2D eigenvalue weighted by Gasteiger charge is -2.46. The van der Waals surface area contributed by atoms with Gasteiger partial charge in [-0.05, 0) is 55.7 Å². The maximum atomic E-state index is 6.41. The molecule has 1 spiro atoms. The van der Waals surface area contributed by atoms with Gasteiger partial charge in [-0.15, -0.1) is 0 Å². The highest BCUT2D eigenvalue weighted by atomic mass is 79.9. The molecule has 1 aliphatic heterocycles. The van der Waals surface area contributed by atoms with Gasteiger partial charge in [0, 0.05) is 22.5 Å². The molecule has 3 rings (SSSR count). The largest absolute Gasteiger partial charge is 0.487 e. The van der Waals surface area contributed by atoms with Gasteiger partial charge in [-0.1, -0.05) is 29.8 Å². The molecule has 1 atom stereocenters. The van der Waals surface area contributed by atoms with Gasteiger partial charge in [-0.2, -0.15) is 0 Å². The Morgan fingerprint density at radius 3 is 2.65 bits per heavy atom. The van der Waals surface area contributed by atoms with E-state index in [-0.39, 0.29) is 11.6 Å². The van der Waals surface area contributed by atoms with E-state index in [4.69, 9.17) is 10.5 Å². The van der Waals surface area contributed by atoms with Crippen molar-refractivity contribution in [2.45, 2.75) is 57.6 Å². The zero-order chi connectivity index (χ0) is 14.3. The van der Waals surface area contributed by atoms with Crippen LogP contribution in [0.5, 0.6) is 5.75 Å². The van der Waals surface area contributed by atoms with Crippen molar-refractivity contribution in [2.24, 2.45) is 17.6 Å². The Bertz CT molecular complexity index is 492. The van der Waals surface area contributed by atoms with Gasteiger partial charge in [0.25, 0.3) is 0 Å². The summed E-state index contributed by atoms with van der Waals surface area (Å²) in [4.78, 5) is 0. The van der Waals surface area contributed by atoms with E-state index in [1.807, 2.05) is 6.07 Å². The molecular weight excluding hydrogens is 314 g/mol. The average Bonchev–Trinajstić information content (AvgIpc) is 2.40. The molecule has 1 fully saturated rings. The third kappa shape index (κ3) is 2.62. The molecule has 2 N–H and O–H groups in total. The summed E-state index contributed by atoms with van der Waals surface area (Å²) in [6, 6.07) is 6.32. The van der Waals surface area contributed by atoms with Crippen molar-refractivity contribution in [2.75, 3.05) is 0 Å². The second-order valence-corrected chi connectivity index (χ2v) is 7.77. The van der Waals surface area contributed by atoms with Crippen LogP contribution in [0.2, 0.25) is 0 Å². The molecule has 110 valence electrons. The number of fused-ring (bicyclic) bond motifs is 1. The number of ether oxygens (including phenoxy) is 1. The summed E-state index contributed by atoms with van der Waals surface area (Å²) in [5.41, 5.74) is 7.56. The van der Waals surface area contributed by atoms with Crippen LogP contribution in [0.15, 0.2) is 22.7 Å². The molecular formula is C17H24BrNO. The number of rotatable bonds is 1. The monoisotopic (exact) mass is 337 g/mol. The second kappa shape index (κ2) is 5.34. The highest BCUT2D eigenvalue weighted by molar-refractivity contribution is 9.10. The van der Waals surface area contributed by atoms with Crippen molar-refractivity contribution >= 4 is 15.9 Å². The van der Waals surface area contributed by atoms with E-state index in [9.17, 15) is 0 Å². The molecule has 2 aliphatic rings. The molecule has 1 saturated carbocycles. The van der Waals surface area contributed by atoms with Crippen LogP contribution in [0.4, 0.5) is 0 Å². The lowest BCUT2D eigenvalue weighted by molar-refractivity contribution is -0.0160. The summed E-state index contributed by atoms with van der Waals surface area (Å²) in [5.74, 6) is 2.63. The van der Waals surface area contributed by atoms with Crippen LogP contribution in [0, 0.1) is 11.8 Å². The molecule has 1 aromatic rings. The Hall–Kier alpha value is -0.540. The van der Waals surface area contributed by atoms with Gasteiger partial charge in [0.15, 0.2) is 0 Å². The van der Waals surface area contributed by atoms with Crippen LogP contribution in [-0.2, 0) is 0 Å². The Labute approximate surface area is 130 Å². The Balaban J connectivity index is 1.80. The Morgan fingerprint density at radius 2 is 2.00 bits per heavy atom. The molecule has 3 heteroatoms. The Morgan fingerprint density at radius 1 is 1.30 bits per heavy atom. The fourth-order valence-electron chi connectivity index (χ4n) is 3.83. The smallest absolute Gasteiger partial charge is 0.124 e. The van der Waals surface area contributed by atoms with Crippen LogP contribution < -0.4 is 10.5 Å². The first-order valence-electron chi connectivity index (χ1n) is 7.73. The predicted octanol–water partition coefficient (Wildman–Crippen LogP) is 4.82. The van der Waals surface area contributed by atoms with Gasteiger partial charge in [0.1, 0.15) is 11.4 Å². The van der Waals surface area contributed by atoms with E-state index in [0.29, 0.717) is 0 Å². The van der Waals surface area contributed by atoms with Crippen molar-refractivity contribution in [3.63, 3.8) is 0 Å². The van der Waals surface area contributed by atoms with Gasteiger partial charge < -0.3 is 10.5 Å². The van der Waals surface area contributed by atoms with Crippen molar-refractivity contribution in [3.05, 3.63) is 28.2 Å². The molecule has 2 nitrogen and oxygen atoms in total. The fourth-order valence-corrected chi connectivity index (χ4v) is 4.21. The van der Waals surface area contributed by atoms with Crippen LogP contribution >= 0.6 is 15.9 Å². The molecule has 1 aromatic carbocycles. The van der Waals surface area contributed by atoms with Crippen molar-refractivity contribution in [3.8, 4) is 5.75 Å². The van der Waals surface area contributed by atoms with Crippen LogP contribution in [-0.4, -0.2) is 5.60 Å². The third-order valence-electron chi connectivity index (χ3n) is 5.17. The van der Waals surface area contributed by atoms with Crippen molar-refractivity contribution in [1.82, 2.24) is 0 Å². The first-order chi connectivity index (χ1) is 9.49. The SMILES string of the molecule is CC(C)C1CCC2(CC1)CC(N)c1cc(Br)ccc1O2. The number of halogens is 1. The lowest BCUT2D eigenvalue weighted by Crippen LogP contribution is -2.46. The summed E-state index contributed by atoms with van der Waals surface area (Å²) in [6.45, 7) is 4.67. The third-order valence-corrected chi connectivity index (χ3v) is 5.67. The van der Waals surface area contributed by atoms with Crippen molar-refractivity contribution < 1.29 is 4.74 Å². The van der Waals surface area contributed by atoms with Gasteiger partial charge >= 0.3 is 0 Å². The zero-order valence-corrected chi connectivity index (χ0v) is 13.9. The molecule has 1 heterocycles. The van der Waals surface area contributed by atoms with Crippen molar-refractivity contribution in [1.29, 1.82) is 0 Å². The first kappa shape index (κ1) is 14.4. The van der Waals surface area contributed by atoms with E-state index in [2.05, 4.69) is 41.9 Å². The predicted molar refractivity (Wildman–Crippen MR) is 85.8 cm³/mol. The molecule has 1 unspecified atom stereocenters. The number of benzene rings is 1. The summed E-state index contributed by atoms with van der Waals surface area (Å²) in [7, 11) is 0. The highest BCUT2D eigenvalue weighted by Gasteiger charge is 2.43. The van der Waals surface area contributed by atoms with Gasteiger partial charge in [0.2, 0.25) is 0 Å². The molecule has 0 amide bonds. The summed E-state index contributed by atoms with van der Waals surface area (Å²) < 4.78 is 7.49. The van der Waals surface area contributed by atoms with E-state index in [0.717, 1.165) is 46.9 Å². The van der Waals surface area contributed by atoms with E-state index in [1.165, 1.54) is 12.8 Å². The topological polar surface area (TPSA) is 35.2 Å². The number of hydrogen-bond acceptors (Lipinski definition) is 2. The van der Waals surface area contributed by atoms with Crippen LogP contribution in [0.25, 0.3) is 0 Å². The van der Waals surface area contributed by atoms with E-state index in [1.54, 1.807) is 0 Å². The molecule has 0 bridgehead atoms. The zero-order valence-electron chi connectivity index (χ0n) is 12.4. The molecule has 1 aliphatic carbocycles. The van der Waals surface area contributed by atoms with E-state index < -0.39 is 0 Å². The normalized spacial score (nSPS) is 33.0. The van der Waals surface area contributed by atoms with Crippen LogP contribution in [0.1, 0.15) is 57.6 Å². The minimum atomic E-state index is -0.00830. The Kier molecular flexibility index (Phi) is 3.85. The second-order valence-electron chi connectivity index (χ2n) is 6.86. The standard InChI is InChI=1S/C17H24BrNO/c1-11(2)12-5-7-17(8-6-12)10-15(19)14-9-13(18)3-4-16(14)20-17/h3-4,9,11-12,15H,5-8,10,19H2,1-2H3. The molecule has 0 saturated heterocycles. The summed E-state index contributed by atoms with van der Waals surface area (Å²) >= 11 is 3.52. The first-order valence-corrected chi connectivity index (χ1v) is 8.52. The fraction of sp³-hybridized carbons (Fsp3) is 0.647. The molecule has 0 aromatic heterocycles. The lowest BCUT2D eigenvalue weighted by atomic mass is 9.71.